The van der Waals surface area contributed by atoms with Gasteiger partial charge in [0.2, 0.25) is 0 Å². The fraction of sp³-hybridized carbons (Fsp3) is 0.583. The number of aliphatic hydroxyl groups excluding tert-OH is 1. The molecule has 2 aliphatic heterocycles. The van der Waals surface area contributed by atoms with Gasteiger partial charge in [-0.25, -0.2) is 4.21 Å². The Balaban J connectivity index is 0.000000731. The van der Waals surface area contributed by atoms with Gasteiger partial charge in [-0.3, -0.25) is 9.52 Å². The van der Waals surface area contributed by atoms with Crippen LogP contribution in [0.2, 0.25) is 5.02 Å². The average Bonchev–Trinajstić information content (AvgIpc) is 3.20. The summed E-state index contributed by atoms with van der Waals surface area (Å²) in [6.45, 7) is 9.50. The fourth-order valence-corrected chi connectivity index (χ4v) is 7.61. The van der Waals surface area contributed by atoms with E-state index in [1.807, 2.05) is 44.2 Å². The van der Waals surface area contributed by atoms with E-state index in [9.17, 15) is 14.1 Å². The van der Waals surface area contributed by atoms with Gasteiger partial charge in [0.15, 0.2) is 0 Å². The first-order valence-corrected chi connectivity index (χ1v) is 18.1. The predicted molar refractivity (Wildman–Crippen MR) is 186 cm³/mol. The van der Waals surface area contributed by atoms with Gasteiger partial charge in [0.25, 0.3) is 5.91 Å². The number of carbonyl (C=O) groups is 1. The van der Waals surface area contributed by atoms with Crippen LogP contribution in [0.5, 0.6) is 5.75 Å². The third kappa shape index (κ3) is 9.34. The molecule has 0 spiro atoms. The second-order valence-electron chi connectivity index (χ2n) is 12.7. The molecule has 7 unspecified atom stereocenters. The summed E-state index contributed by atoms with van der Waals surface area (Å²) < 4.78 is 31.5. The Morgan fingerprint density at radius 1 is 1.09 bits per heavy atom. The van der Waals surface area contributed by atoms with E-state index in [4.69, 9.17) is 16.3 Å². The molecule has 0 saturated heterocycles. The molecule has 1 fully saturated rings. The molecule has 3 aliphatic rings. The average molecular weight is 675 g/mol. The van der Waals surface area contributed by atoms with E-state index in [1.165, 1.54) is 11.1 Å². The SMILES string of the molecule is CCCc1cc(Cl)ccc1C1COc2ccc3cc2N(C1)CC1CCC1C(O)/C=C/CC(C)C(C)S(=O)NC3=O.COCCOC. The number of anilines is 1. The Kier molecular flexibility index (Phi) is 14.0. The maximum atomic E-state index is 13.2. The second kappa shape index (κ2) is 17.6. The summed E-state index contributed by atoms with van der Waals surface area (Å²) in [6, 6.07) is 11.7. The summed E-state index contributed by atoms with van der Waals surface area (Å²) in [5.74, 6) is 1.13. The Labute approximate surface area is 282 Å². The van der Waals surface area contributed by atoms with Crippen LogP contribution in [0.4, 0.5) is 5.69 Å². The summed E-state index contributed by atoms with van der Waals surface area (Å²) in [4.78, 5) is 15.6. The monoisotopic (exact) mass is 674 g/mol. The van der Waals surface area contributed by atoms with Crippen molar-refractivity contribution in [1.82, 2.24) is 4.72 Å². The maximum absolute atomic E-state index is 13.2. The molecule has 2 aromatic carbocycles. The number of nitrogens with zero attached hydrogens (tertiary/aromatic N) is 1. The molecule has 8 nitrogen and oxygen atoms in total. The van der Waals surface area contributed by atoms with Crippen LogP contribution < -0.4 is 14.4 Å². The lowest BCUT2D eigenvalue weighted by atomic mass is 9.70. The van der Waals surface area contributed by atoms with Gasteiger partial charge in [0.1, 0.15) is 16.7 Å². The van der Waals surface area contributed by atoms with Crippen LogP contribution in [0.25, 0.3) is 0 Å². The number of halogens is 1. The molecule has 7 atom stereocenters. The molecule has 1 saturated carbocycles. The molecule has 0 aromatic heterocycles. The zero-order chi connectivity index (χ0) is 33.2. The summed E-state index contributed by atoms with van der Waals surface area (Å²) >= 11 is 6.38. The van der Waals surface area contributed by atoms with Crippen molar-refractivity contribution >= 4 is 34.2 Å². The highest BCUT2D eigenvalue weighted by atomic mass is 35.5. The van der Waals surface area contributed by atoms with Crippen LogP contribution in [0.3, 0.4) is 0 Å². The van der Waals surface area contributed by atoms with Crippen molar-refractivity contribution in [3.63, 3.8) is 0 Å². The Bertz CT molecular complexity index is 1350. The molecule has 1 aliphatic carbocycles. The number of ether oxygens (including phenoxy) is 3. The second-order valence-corrected chi connectivity index (χ2v) is 14.7. The molecule has 254 valence electrons. The van der Waals surface area contributed by atoms with E-state index in [0.717, 1.165) is 55.2 Å². The Hall–Kier alpha value is -2.43. The topological polar surface area (TPSA) is 97.3 Å². The number of hydrogen-bond donors (Lipinski definition) is 2. The van der Waals surface area contributed by atoms with Crippen molar-refractivity contribution < 1.29 is 28.3 Å². The summed E-state index contributed by atoms with van der Waals surface area (Å²) in [6.07, 6.45) is 8.14. The largest absolute Gasteiger partial charge is 0.491 e. The van der Waals surface area contributed by atoms with Crippen molar-refractivity contribution in [2.75, 3.05) is 52.0 Å². The normalized spacial score (nSPS) is 28.7. The van der Waals surface area contributed by atoms with Crippen LogP contribution >= 0.6 is 11.6 Å². The number of fused-ring (bicyclic) bond motifs is 2. The molecule has 1 amide bonds. The number of aryl methyl sites for hydroxylation is 1. The summed E-state index contributed by atoms with van der Waals surface area (Å²) in [5, 5.41) is 11.6. The highest BCUT2D eigenvalue weighted by Crippen LogP contribution is 2.42. The number of benzene rings is 2. The minimum absolute atomic E-state index is 0.0908. The maximum Gasteiger partial charge on any atom is 0.263 e. The van der Waals surface area contributed by atoms with E-state index < -0.39 is 17.1 Å². The third-order valence-corrected chi connectivity index (χ3v) is 11.3. The smallest absolute Gasteiger partial charge is 0.263 e. The van der Waals surface area contributed by atoms with E-state index >= 15 is 0 Å². The van der Waals surface area contributed by atoms with Crippen molar-refractivity contribution in [1.29, 1.82) is 0 Å². The molecular formula is C36H51ClN2O6S. The van der Waals surface area contributed by atoms with Crippen molar-refractivity contribution in [3.8, 4) is 5.75 Å². The van der Waals surface area contributed by atoms with Crippen molar-refractivity contribution in [2.45, 2.75) is 70.1 Å². The lowest BCUT2D eigenvalue weighted by Crippen LogP contribution is -2.44. The molecule has 2 bridgehead atoms. The number of rotatable bonds is 6. The first-order valence-electron chi connectivity index (χ1n) is 16.5. The zero-order valence-electron chi connectivity index (χ0n) is 27.9. The third-order valence-electron chi connectivity index (χ3n) is 9.54. The van der Waals surface area contributed by atoms with E-state index in [2.05, 4.69) is 38.2 Å². The van der Waals surface area contributed by atoms with Gasteiger partial charge in [-0.05, 0) is 91.8 Å². The summed E-state index contributed by atoms with van der Waals surface area (Å²) in [7, 11) is 1.77. The molecule has 46 heavy (non-hydrogen) atoms. The number of aliphatic hydroxyl groups is 1. The highest BCUT2D eigenvalue weighted by Gasteiger charge is 2.38. The molecule has 2 aromatic rings. The lowest BCUT2D eigenvalue weighted by Gasteiger charge is -2.42. The van der Waals surface area contributed by atoms with Crippen molar-refractivity contribution in [3.05, 3.63) is 70.3 Å². The molecular weight excluding hydrogens is 624 g/mol. The van der Waals surface area contributed by atoms with Gasteiger partial charge < -0.3 is 24.2 Å². The number of carbonyl (C=O) groups excluding carboxylic acids is 1. The van der Waals surface area contributed by atoms with Gasteiger partial charge in [-0.15, -0.1) is 0 Å². The van der Waals surface area contributed by atoms with Crippen LogP contribution in [-0.4, -0.2) is 73.7 Å². The Morgan fingerprint density at radius 3 is 2.52 bits per heavy atom. The van der Waals surface area contributed by atoms with Crippen LogP contribution in [0.15, 0.2) is 48.6 Å². The number of methoxy groups -OCH3 is 2. The number of hydrogen-bond acceptors (Lipinski definition) is 7. The molecule has 5 rings (SSSR count). The summed E-state index contributed by atoms with van der Waals surface area (Å²) in [5.41, 5.74) is 3.83. The number of allylic oxidation sites excluding steroid dienone is 1. The minimum Gasteiger partial charge on any atom is -0.491 e. The van der Waals surface area contributed by atoms with Crippen LogP contribution in [-0.2, 0) is 26.9 Å². The van der Waals surface area contributed by atoms with Crippen LogP contribution in [0, 0.1) is 17.8 Å². The van der Waals surface area contributed by atoms with E-state index in [-0.39, 0.29) is 28.9 Å². The quantitative estimate of drug-likeness (QED) is 0.274. The van der Waals surface area contributed by atoms with Gasteiger partial charge in [-0.1, -0.05) is 50.1 Å². The van der Waals surface area contributed by atoms with Crippen LogP contribution in [0.1, 0.15) is 73.9 Å². The van der Waals surface area contributed by atoms with Crippen molar-refractivity contribution in [2.24, 2.45) is 17.8 Å². The van der Waals surface area contributed by atoms with Gasteiger partial charge in [-0.2, -0.15) is 0 Å². The van der Waals surface area contributed by atoms with Gasteiger partial charge >= 0.3 is 0 Å². The van der Waals surface area contributed by atoms with E-state index in [1.54, 1.807) is 20.3 Å². The fourth-order valence-electron chi connectivity index (χ4n) is 6.40. The molecule has 0 radical (unpaired) electrons. The van der Waals surface area contributed by atoms with Gasteiger partial charge in [0, 0.05) is 43.8 Å². The van der Waals surface area contributed by atoms with Gasteiger partial charge in [0.05, 0.1) is 36.9 Å². The predicted octanol–water partition coefficient (Wildman–Crippen LogP) is 6.32. The molecule has 10 heteroatoms. The van der Waals surface area contributed by atoms with E-state index in [0.29, 0.717) is 37.7 Å². The first-order chi connectivity index (χ1) is 22.2. The Morgan fingerprint density at radius 2 is 1.85 bits per heavy atom. The highest BCUT2D eigenvalue weighted by molar-refractivity contribution is 7.84. The standard InChI is InChI=1S/C32H41ClN2O4S.C4H10O2/c1-4-6-22-15-26(33)11-13-27(22)25-18-35-17-24-9-12-28(24)30(36)8-5-7-20(2)21(3)40(38)34-32(37)23-10-14-31(39-19-25)29(35)16-23;1-5-3-4-6-2/h5,8,10-11,13-16,20-21,24-25,28,30,36H,4,6-7,9,12,17-19H2,1-3H3,(H,34,37);3-4H2,1-2H3/b8-5+;. The minimum atomic E-state index is -1.53. The first kappa shape index (κ1) is 36.4. The molecule has 2 N–H and O–H groups in total. The lowest BCUT2D eigenvalue weighted by molar-refractivity contribution is 0.0461. The molecule has 2 heterocycles. The zero-order valence-corrected chi connectivity index (χ0v) is 29.4. The number of nitrogens with one attached hydrogen (secondary N) is 1. The number of amides is 1.